The quantitative estimate of drug-likeness (QED) is 0.478. The van der Waals surface area contributed by atoms with Crippen molar-refractivity contribution in [3.63, 3.8) is 0 Å². The van der Waals surface area contributed by atoms with Gasteiger partial charge in [-0.15, -0.1) is 0 Å². The van der Waals surface area contributed by atoms with Crippen molar-refractivity contribution in [1.82, 2.24) is 0 Å². The first-order valence-electron chi connectivity index (χ1n) is 6.32. The van der Waals surface area contributed by atoms with E-state index in [1.165, 1.54) is 0 Å². The van der Waals surface area contributed by atoms with Gasteiger partial charge in [-0.1, -0.05) is 26.7 Å². The molecule has 0 aliphatic carbocycles. The highest BCUT2D eigenvalue weighted by atomic mass is 32.2. The first kappa shape index (κ1) is 17.4. The monoisotopic (exact) mass is 280 g/mol. The highest BCUT2D eigenvalue weighted by Crippen LogP contribution is 2.18. The molecule has 6 heteroatoms. The van der Waals surface area contributed by atoms with E-state index in [1.807, 2.05) is 6.92 Å². The second-order valence-corrected chi connectivity index (χ2v) is 6.16. The molecule has 0 heterocycles. The molecule has 18 heavy (non-hydrogen) atoms. The maximum Gasteiger partial charge on any atom is 0.308 e. The van der Waals surface area contributed by atoms with Gasteiger partial charge < -0.3 is 4.74 Å². The first-order chi connectivity index (χ1) is 8.28. The van der Waals surface area contributed by atoms with Crippen LogP contribution in [-0.4, -0.2) is 33.4 Å². The van der Waals surface area contributed by atoms with Gasteiger partial charge in [-0.3, -0.25) is 8.98 Å². The van der Waals surface area contributed by atoms with E-state index < -0.39 is 22.2 Å². The fraction of sp³-hybridized carbons (Fsp3) is 0.917. The topological polar surface area (TPSA) is 69.7 Å². The highest BCUT2D eigenvalue weighted by Gasteiger charge is 2.22. The zero-order valence-corrected chi connectivity index (χ0v) is 12.5. The molecule has 0 fully saturated rings. The molecule has 0 saturated heterocycles. The van der Waals surface area contributed by atoms with Crippen molar-refractivity contribution in [2.24, 2.45) is 5.92 Å². The summed E-state index contributed by atoms with van der Waals surface area (Å²) in [5.74, 6) is -0.106. The summed E-state index contributed by atoms with van der Waals surface area (Å²) in [7, 11) is -3.55. The first-order valence-corrected chi connectivity index (χ1v) is 8.14. The molecular formula is C12H24O5S. The zero-order valence-electron chi connectivity index (χ0n) is 11.6. The molecule has 0 aromatic heterocycles. The number of ether oxygens (including phenoxy) is 1. The van der Waals surface area contributed by atoms with Crippen LogP contribution in [0.1, 0.15) is 46.5 Å². The molecule has 0 radical (unpaired) electrons. The molecule has 2 atom stereocenters. The van der Waals surface area contributed by atoms with Crippen molar-refractivity contribution >= 4 is 16.1 Å². The Kier molecular flexibility index (Phi) is 8.18. The van der Waals surface area contributed by atoms with Gasteiger partial charge in [0.25, 0.3) is 10.1 Å². The minimum absolute atomic E-state index is 0.0189. The van der Waals surface area contributed by atoms with Crippen LogP contribution >= 0.6 is 0 Å². The van der Waals surface area contributed by atoms with Crippen molar-refractivity contribution in [1.29, 1.82) is 0 Å². The second kappa shape index (κ2) is 8.48. The van der Waals surface area contributed by atoms with E-state index in [0.717, 1.165) is 19.1 Å². The number of hydrogen-bond acceptors (Lipinski definition) is 5. The zero-order chi connectivity index (χ0) is 14.2. The predicted octanol–water partition coefficient (Wildman–Crippen LogP) is 2.11. The summed E-state index contributed by atoms with van der Waals surface area (Å²) in [6.45, 7) is 6.08. The summed E-state index contributed by atoms with van der Waals surface area (Å²) in [6, 6.07) is 0. The third-order valence-electron chi connectivity index (χ3n) is 2.46. The standard InChI is InChI=1S/C12H24O5S/c1-5-7-10(3)8-11(17-18(4,14)15)9-12(13)16-6-2/h10-11H,5-9H2,1-4H3/t10-,11?/m1/s1. The van der Waals surface area contributed by atoms with Gasteiger partial charge in [0.1, 0.15) is 0 Å². The van der Waals surface area contributed by atoms with E-state index in [1.54, 1.807) is 6.92 Å². The predicted molar refractivity (Wildman–Crippen MR) is 69.7 cm³/mol. The molecule has 0 N–H and O–H groups in total. The van der Waals surface area contributed by atoms with Gasteiger partial charge in [0.2, 0.25) is 0 Å². The van der Waals surface area contributed by atoms with Gasteiger partial charge in [0.05, 0.1) is 25.4 Å². The highest BCUT2D eigenvalue weighted by molar-refractivity contribution is 7.86. The second-order valence-electron chi connectivity index (χ2n) is 4.56. The molecule has 0 rings (SSSR count). The molecular weight excluding hydrogens is 256 g/mol. The third-order valence-corrected chi connectivity index (χ3v) is 3.08. The van der Waals surface area contributed by atoms with Crippen molar-refractivity contribution < 1.29 is 22.1 Å². The molecule has 0 amide bonds. The lowest BCUT2D eigenvalue weighted by atomic mass is 9.97. The summed E-state index contributed by atoms with van der Waals surface area (Å²) in [5, 5.41) is 0. The van der Waals surface area contributed by atoms with Crippen LogP contribution in [-0.2, 0) is 23.8 Å². The Morgan fingerprint density at radius 3 is 2.33 bits per heavy atom. The largest absolute Gasteiger partial charge is 0.466 e. The summed E-state index contributed by atoms with van der Waals surface area (Å²) in [5.41, 5.74) is 0. The van der Waals surface area contributed by atoms with Crippen LogP contribution in [0.25, 0.3) is 0 Å². The summed E-state index contributed by atoms with van der Waals surface area (Å²) in [4.78, 5) is 11.4. The van der Waals surface area contributed by atoms with Crippen LogP contribution in [0.2, 0.25) is 0 Å². The summed E-state index contributed by atoms with van der Waals surface area (Å²) >= 11 is 0. The number of carbonyl (C=O) groups excluding carboxylic acids is 1. The van der Waals surface area contributed by atoms with Gasteiger partial charge in [0, 0.05) is 0 Å². The molecule has 0 aromatic rings. The van der Waals surface area contributed by atoms with E-state index in [0.29, 0.717) is 12.3 Å². The fourth-order valence-electron chi connectivity index (χ4n) is 1.87. The molecule has 0 aromatic carbocycles. The van der Waals surface area contributed by atoms with Gasteiger partial charge in [-0.25, -0.2) is 0 Å². The number of rotatable bonds is 9. The average Bonchev–Trinajstić information content (AvgIpc) is 2.14. The van der Waals surface area contributed by atoms with Crippen molar-refractivity contribution in [3.8, 4) is 0 Å². The Balaban J connectivity index is 4.47. The Hall–Kier alpha value is -0.620. The van der Waals surface area contributed by atoms with Gasteiger partial charge >= 0.3 is 5.97 Å². The van der Waals surface area contributed by atoms with E-state index >= 15 is 0 Å². The Labute approximate surface area is 110 Å². The normalized spacial score (nSPS) is 15.1. The van der Waals surface area contributed by atoms with Gasteiger partial charge in [-0.2, -0.15) is 8.42 Å². The van der Waals surface area contributed by atoms with E-state index in [4.69, 9.17) is 8.92 Å². The molecule has 1 unspecified atom stereocenters. The molecule has 0 bridgehead atoms. The summed E-state index contributed by atoms with van der Waals surface area (Å²) < 4.78 is 32.0. The third kappa shape index (κ3) is 9.41. The van der Waals surface area contributed by atoms with E-state index in [-0.39, 0.29) is 13.0 Å². The molecule has 108 valence electrons. The van der Waals surface area contributed by atoms with Crippen molar-refractivity contribution in [2.75, 3.05) is 12.9 Å². The Bertz CT molecular complexity index is 336. The molecule has 0 spiro atoms. The molecule has 0 saturated carbocycles. The SMILES string of the molecule is CCC[C@@H](C)CC(CC(=O)OCC)OS(C)(=O)=O. The van der Waals surface area contributed by atoms with Crippen LogP contribution in [0.5, 0.6) is 0 Å². The Morgan fingerprint density at radius 2 is 1.89 bits per heavy atom. The van der Waals surface area contributed by atoms with E-state index in [2.05, 4.69) is 6.92 Å². The van der Waals surface area contributed by atoms with Gasteiger partial charge in [0.15, 0.2) is 0 Å². The summed E-state index contributed by atoms with van der Waals surface area (Å²) in [6.07, 6.45) is 2.89. The van der Waals surface area contributed by atoms with Crippen LogP contribution in [0.4, 0.5) is 0 Å². The van der Waals surface area contributed by atoms with E-state index in [9.17, 15) is 13.2 Å². The lowest BCUT2D eigenvalue weighted by molar-refractivity contribution is -0.145. The Morgan fingerprint density at radius 1 is 1.28 bits per heavy atom. The fourth-order valence-corrected chi connectivity index (χ4v) is 2.51. The van der Waals surface area contributed by atoms with Gasteiger partial charge in [-0.05, 0) is 19.3 Å². The lowest BCUT2D eigenvalue weighted by Crippen LogP contribution is -2.24. The number of esters is 1. The van der Waals surface area contributed by atoms with Crippen LogP contribution in [0.15, 0.2) is 0 Å². The average molecular weight is 280 g/mol. The van der Waals surface area contributed by atoms with Crippen LogP contribution in [0, 0.1) is 5.92 Å². The molecule has 5 nitrogen and oxygen atoms in total. The van der Waals surface area contributed by atoms with Crippen LogP contribution < -0.4 is 0 Å². The minimum atomic E-state index is -3.55. The maximum absolute atomic E-state index is 11.4. The lowest BCUT2D eigenvalue weighted by Gasteiger charge is -2.19. The molecule has 0 aliphatic heterocycles. The maximum atomic E-state index is 11.4. The van der Waals surface area contributed by atoms with Crippen molar-refractivity contribution in [2.45, 2.75) is 52.6 Å². The number of hydrogen-bond donors (Lipinski definition) is 0. The van der Waals surface area contributed by atoms with Crippen LogP contribution in [0.3, 0.4) is 0 Å². The smallest absolute Gasteiger partial charge is 0.308 e. The van der Waals surface area contributed by atoms with Crippen molar-refractivity contribution in [3.05, 3.63) is 0 Å². The number of carbonyl (C=O) groups is 1. The minimum Gasteiger partial charge on any atom is -0.466 e. The molecule has 0 aliphatic rings.